The average molecular weight is 963 g/mol. The van der Waals surface area contributed by atoms with E-state index in [4.69, 9.17) is 18.9 Å². The Morgan fingerprint density at radius 1 is 0.361 bits per heavy atom. The number of fused-ring (bicyclic) bond motifs is 2. The third-order valence-electron chi connectivity index (χ3n) is 17.4. The van der Waals surface area contributed by atoms with Crippen molar-refractivity contribution >= 4 is 0 Å². The first-order valence-corrected chi connectivity index (χ1v) is 28.8. The molecule has 0 atom stereocenters. The Balaban J connectivity index is 0.776. The first-order valence-electron chi connectivity index (χ1n) is 28.8. The van der Waals surface area contributed by atoms with Gasteiger partial charge >= 0.3 is 0 Å². The van der Waals surface area contributed by atoms with Crippen molar-refractivity contribution < 1.29 is 18.9 Å². The van der Waals surface area contributed by atoms with Crippen molar-refractivity contribution in [1.82, 2.24) is 0 Å². The number of hydrogen-bond acceptors (Lipinski definition) is 4. The first kappa shape index (κ1) is 50.1. The molecule has 4 aliphatic carbocycles. The van der Waals surface area contributed by atoms with Gasteiger partial charge in [-0.1, -0.05) is 150 Å². The summed E-state index contributed by atoms with van der Waals surface area (Å²) in [6.07, 6.45) is 31.0. The summed E-state index contributed by atoms with van der Waals surface area (Å²) in [5.41, 5.74) is 15.9. The molecule has 4 nitrogen and oxygen atoms in total. The summed E-state index contributed by atoms with van der Waals surface area (Å²) in [6, 6.07) is 44.6. The molecular formula is C68H82O4. The molecule has 0 aromatic heterocycles. The van der Waals surface area contributed by atoms with E-state index in [-0.39, 0.29) is 13.6 Å². The first-order chi connectivity index (χ1) is 35.6. The normalized spacial score (nSPS) is 19.8. The summed E-state index contributed by atoms with van der Waals surface area (Å²) in [7, 11) is 0. The zero-order valence-corrected chi connectivity index (χ0v) is 43.9. The maximum atomic E-state index is 6.69. The van der Waals surface area contributed by atoms with E-state index in [0.29, 0.717) is 11.8 Å². The van der Waals surface area contributed by atoms with Gasteiger partial charge in [0, 0.05) is 11.1 Å². The van der Waals surface area contributed by atoms with Crippen molar-refractivity contribution in [2.75, 3.05) is 13.6 Å². The molecule has 0 saturated heterocycles. The molecule has 0 N–H and O–H groups in total. The summed E-state index contributed by atoms with van der Waals surface area (Å²) in [4.78, 5) is 0. The lowest BCUT2D eigenvalue weighted by atomic mass is 9.77. The summed E-state index contributed by atoms with van der Waals surface area (Å²) in [6.45, 7) is 4.86. The van der Waals surface area contributed by atoms with Gasteiger partial charge in [0.05, 0.1) is 0 Å². The monoisotopic (exact) mass is 963 g/mol. The maximum Gasteiger partial charge on any atom is 0.230 e. The van der Waals surface area contributed by atoms with Gasteiger partial charge in [0.25, 0.3) is 0 Å². The van der Waals surface area contributed by atoms with E-state index in [2.05, 4.69) is 135 Å². The highest BCUT2D eigenvalue weighted by atomic mass is 16.7. The Labute approximate surface area is 433 Å². The van der Waals surface area contributed by atoms with Crippen LogP contribution in [0.3, 0.4) is 0 Å². The minimum absolute atomic E-state index is 0.120. The van der Waals surface area contributed by atoms with Crippen molar-refractivity contribution in [2.45, 2.75) is 180 Å². The van der Waals surface area contributed by atoms with Gasteiger partial charge in [-0.3, -0.25) is 0 Å². The summed E-state index contributed by atoms with van der Waals surface area (Å²) < 4.78 is 26.1. The van der Waals surface area contributed by atoms with Gasteiger partial charge in [0.15, 0.2) is 0 Å². The number of ether oxygens (including phenoxy) is 4. The number of aryl methyl sites for hydroxylation is 2. The predicted molar refractivity (Wildman–Crippen MR) is 299 cm³/mol. The van der Waals surface area contributed by atoms with Crippen LogP contribution in [-0.2, 0) is 25.7 Å². The zero-order chi connectivity index (χ0) is 48.9. The number of hydrogen-bond donors (Lipinski definition) is 0. The molecule has 0 bridgehead atoms. The van der Waals surface area contributed by atoms with Crippen molar-refractivity contribution in [3.8, 4) is 56.4 Å². The van der Waals surface area contributed by atoms with Crippen molar-refractivity contribution in [3.05, 3.63) is 155 Å². The lowest BCUT2D eigenvalue weighted by molar-refractivity contribution is 0.118. The molecule has 4 aliphatic rings. The Bertz CT molecular complexity index is 2430. The second-order valence-electron chi connectivity index (χ2n) is 22.1. The number of rotatable bonds is 21. The van der Waals surface area contributed by atoms with Gasteiger partial charge in [-0.15, -0.1) is 0 Å². The largest absolute Gasteiger partial charge is 0.458 e. The average Bonchev–Trinajstić information content (AvgIpc) is 3.44. The summed E-state index contributed by atoms with van der Waals surface area (Å²) >= 11 is 0. The van der Waals surface area contributed by atoms with Gasteiger partial charge in [-0.05, 0) is 218 Å². The molecule has 0 amide bonds. The zero-order valence-electron chi connectivity index (χ0n) is 43.9. The Kier molecular flexibility index (Phi) is 17.4. The molecule has 4 heteroatoms. The van der Waals surface area contributed by atoms with Crippen LogP contribution in [0.2, 0.25) is 0 Å². The second-order valence-corrected chi connectivity index (χ2v) is 22.1. The molecule has 0 radical (unpaired) electrons. The number of unbranched alkanes of at least 4 members (excludes halogenated alkanes) is 4. The lowest BCUT2D eigenvalue weighted by Gasteiger charge is -2.29. The third kappa shape index (κ3) is 12.5. The third-order valence-corrected chi connectivity index (χ3v) is 17.4. The maximum absolute atomic E-state index is 6.69. The molecule has 0 aliphatic heterocycles. The molecule has 0 spiro atoms. The van der Waals surface area contributed by atoms with Crippen LogP contribution in [-0.4, -0.2) is 13.6 Å². The molecule has 2 fully saturated rings. The Hall–Kier alpha value is -5.48. The molecule has 6 aromatic rings. The van der Waals surface area contributed by atoms with Crippen molar-refractivity contribution in [1.29, 1.82) is 0 Å². The Morgan fingerprint density at radius 3 is 1.10 bits per heavy atom. The van der Waals surface area contributed by atoms with Crippen molar-refractivity contribution in [2.24, 2.45) is 11.8 Å². The number of benzene rings is 6. The van der Waals surface area contributed by atoms with E-state index in [9.17, 15) is 0 Å². The highest BCUT2D eigenvalue weighted by Crippen LogP contribution is 2.47. The van der Waals surface area contributed by atoms with Gasteiger partial charge < -0.3 is 18.9 Å². The molecular weight excluding hydrogens is 881 g/mol. The Morgan fingerprint density at radius 2 is 0.722 bits per heavy atom. The smallest absolute Gasteiger partial charge is 0.230 e. The van der Waals surface area contributed by atoms with Crippen LogP contribution < -0.4 is 18.9 Å². The fourth-order valence-electron chi connectivity index (χ4n) is 13.0. The molecule has 10 rings (SSSR count). The van der Waals surface area contributed by atoms with E-state index in [1.165, 1.54) is 195 Å². The quantitative estimate of drug-likeness (QED) is 0.0532. The van der Waals surface area contributed by atoms with Gasteiger partial charge in [-0.2, -0.15) is 0 Å². The second kappa shape index (κ2) is 25.0. The highest BCUT2D eigenvalue weighted by Gasteiger charge is 2.28. The molecule has 0 unspecified atom stereocenters. The van der Waals surface area contributed by atoms with Gasteiger partial charge in [0.1, 0.15) is 23.0 Å². The van der Waals surface area contributed by atoms with E-state index in [1.807, 2.05) is 0 Å². The van der Waals surface area contributed by atoms with E-state index < -0.39 is 0 Å². The van der Waals surface area contributed by atoms with Crippen LogP contribution in [0, 0.1) is 11.8 Å². The SMILES string of the molecule is CCCCCC1CCC(c2ccc(-c3ccc(OCOc4ccc5c(c4-c4c(OCOc6ccc(-c7ccc(C8CCC(CCCCC)CC8)cc7)cc6)ccc6c4CCCC6)CCCC5)cc3)cc2)CC1. The van der Waals surface area contributed by atoms with Crippen LogP contribution >= 0.6 is 0 Å². The van der Waals surface area contributed by atoms with Crippen LogP contribution in [0.5, 0.6) is 23.0 Å². The topological polar surface area (TPSA) is 36.9 Å². The van der Waals surface area contributed by atoms with Crippen LogP contribution in [0.25, 0.3) is 33.4 Å². The van der Waals surface area contributed by atoms with Crippen molar-refractivity contribution in [3.63, 3.8) is 0 Å². The fourth-order valence-corrected chi connectivity index (χ4v) is 13.0. The van der Waals surface area contributed by atoms with Crippen LogP contribution in [0.1, 0.15) is 187 Å². The van der Waals surface area contributed by atoms with Gasteiger partial charge in [-0.25, -0.2) is 0 Å². The minimum Gasteiger partial charge on any atom is -0.458 e. The molecule has 72 heavy (non-hydrogen) atoms. The predicted octanol–water partition coefficient (Wildman–Crippen LogP) is 19.0. The summed E-state index contributed by atoms with van der Waals surface area (Å²) in [5.74, 6) is 6.61. The highest BCUT2D eigenvalue weighted by molar-refractivity contribution is 5.84. The standard InChI is InChI=1S/C68H82O4/c1-3-5-7-13-49-19-23-51(24-20-49)53-27-31-55(32-28-53)57-35-41-61(42-36-57)69-47-71-65-45-39-59-15-9-11-17-63(59)67(65)68-64-18-12-10-16-60(64)40-46-66(68)72-48-70-62-43-37-58(38-44-62)56-33-29-54(30-34-56)52-25-21-50(22-26-52)14-8-6-4-2/h27-46,49-52H,3-26,47-48H2,1-2H3. The van der Waals surface area contributed by atoms with Crippen LogP contribution in [0.4, 0.5) is 0 Å². The van der Waals surface area contributed by atoms with Crippen LogP contribution in [0.15, 0.2) is 121 Å². The van der Waals surface area contributed by atoms with E-state index in [1.54, 1.807) is 0 Å². The summed E-state index contributed by atoms with van der Waals surface area (Å²) in [5, 5.41) is 0. The fraction of sp³-hybridized carbons (Fsp3) is 0.471. The van der Waals surface area contributed by atoms with E-state index in [0.717, 1.165) is 60.5 Å². The lowest BCUT2D eigenvalue weighted by Crippen LogP contribution is -2.14. The van der Waals surface area contributed by atoms with Gasteiger partial charge in [0.2, 0.25) is 13.6 Å². The molecule has 0 heterocycles. The minimum atomic E-state index is 0.120. The molecule has 2 saturated carbocycles. The van der Waals surface area contributed by atoms with E-state index >= 15 is 0 Å². The molecule has 6 aromatic carbocycles. The molecule has 378 valence electrons.